The molecule has 4 N–H and O–H groups in total. The van der Waals surface area contributed by atoms with Crippen molar-refractivity contribution < 1.29 is 19.0 Å². The number of aromatic nitrogens is 3. The van der Waals surface area contributed by atoms with Crippen molar-refractivity contribution >= 4 is 34.5 Å². The summed E-state index contributed by atoms with van der Waals surface area (Å²) < 4.78 is 18.1. The summed E-state index contributed by atoms with van der Waals surface area (Å²) in [5, 5.41) is 6.16. The first-order chi connectivity index (χ1) is 15.7. The number of methoxy groups -OCH3 is 3. The van der Waals surface area contributed by atoms with Crippen LogP contribution in [0.1, 0.15) is 27.2 Å². The van der Waals surface area contributed by atoms with Crippen LogP contribution in [0, 0.1) is 5.41 Å². The Morgan fingerprint density at radius 2 is 1.73 bits per heavy atom. The summed E-state index contributed by atoms with van der Waals surface area (Å²) in [5.74, 6) is 2.46. The summed E-state index contributed by atoms with van der Waals surface area (Å²) >= 11 is 0. The lowest BCUT2D eigenvalue weighted by molar-refractivity contribution is -0.117. The van der Waals surface area contributed by atoms with E-state index in [9.17, 15) is 4.79 Å². The number of hydrogen-bond donors (Lipinski definition) is 3. The first-order valence-electron chi connectivity index (χ1n) is 10.6. The maximum Gasteiger partial charge on any atom is 0.226 e. The molecule has 2 aromatic heterocycles. The van der Waals surface area contributed by atoms with Crippen molar-refractivity contribution in [2.75, 3.05) is 38.5 Å². The molecule has 0 aliphatic carbocycles. The lowest BCUT2D eigenvalue weighted by atomic mass is 9.92. The quantitative estimate of drug-likeness (QED) is 0.446. The minimum absolute atomic E-state index is 0.0880. The number of pyridine rings is 1. The van der Waals surface area contributed by atoms with Crippen LogP contribution >= 0.6 is 0 Å². The standard InChI is InChI=1S/C23H32N6O4/c1-23(2,3)13-19(30)27-18-8-7-15-21(28-18)29(10-9-24)22(26-15)25-14-11-16(31-4)20(33-6)17(12-14)32-5/h7-8,11-12H,9-10,13,24H2,1-6H3,(H,25,26)(H,27,28,30). The van der Waals surface area contributed by atoms with Crippen LogP contribution in [0.2, 0.25) is 0 Å². The summed E-state index contributed by atoms with van der Waals surface area (Å²) in [4.78, 5) is 21.6. The van der Waals surface area contributed by atoms with Crippen LogP contribution in [0.15, 0.2) is 24.3 Å². The average Bonchev–Trinajstić information content (AvgIpc) is 3.08. The largest absolute Gasteiger partial charge is 0.493 e. The molecule has 0 fully saturated rings. The van der Waals surface area contributed by atoms with Crippen LogP contribution in [-0.4, -0.2) is 48.3 Å². The van der Waals surface area contributed by atoms with Gasteiger partial charge in [0.25, 0.3) is 0 Å². The molecule has 0 spiro atoms. The molecule has 3 aromatic rings. The number of benzene rings is 1. The molecule has 33 heavy (non-hydrogen) atoms. The fraction of sp³-hybridized carbons (Fsp3) is 0.435. The van der Waals surface area contributed by atoms with E-state index < -0.39 is 0 Å². The minimum Gasteiger partial charge on any atom is -0.493 e. The first kappa shape index (κ1) is 24.1. The molecule has 10 heteroatoms. The van der Waals surface area contributed by atoms with Crippen molar-refractivity contribution in [1.29, 1.82) is 0 Å². The van der Waals surface area contributed by atoms with Crippen LogP contribution in [0.25, 0.3) is 11.2 Å². The second kappa shape index (κ2) is 9.95. The summed E-state index contributed by atoms with van der Waals surface area (Å²) in [6, 6.07) is 7.15. The number of hydrogen-bond acceptors (Lipinski definition) is 8. The summed E-state index contributed by atoms with van der Waals surface area (Å²) in [5.41, 5.74) is 7.72. The lowest BCUT2D eigenvalue weighted by Crippen LogP contribution is -2.20. The number of anilines is 3. The van der Waals surface area contributed by atoms with Crippen molar-refractivity contribution in [3.63, 3.8) is 0 Å². The zero-order chi connectivity index (χ0) is 24.2. The van der Waals surface area contributed by atoms with Crippen LogP contribution in [0.3, 0.4) is 0 Å². The molecule has 0 atom stereocenters. The van der Waals surface area contributed by atoms with E-state index in [1.54, 1.807) is 39.5 Å². The van der Waals surface area contributed by atoms with Gasteiger partial charge in [-0.15, -0.1) is 0 Å². The summed E-state index contributed by atoms with van der Waals surface area (Å²) in [7, 11) is 4.67. The van der Waals surface area contributed by atoms with Gasteiger partial charge in [0, 0.05) is 37.3 Å². The summed E-state index contributed by atoms with van der Waals surface area (Å²) in [6.45, 7) is 6.91. The molecule has 1 aromatic carbocycles. The van der Waals surface area contributed by atoms with E-state index in [1.165, 1.54) is 0 Å². The fourth-order valence-corrected chi connectivity index (χ4v) is 3.46. The maximum atomic E-state index is 12.4. The SMILES string of the molecule is COc1cc(Nc2nc3ccc(NC(=O)CC(C)(C)C)nc3n2CCN)cc(OC)c1OC. The number of ether oxygens (including phenoxy) is 3. The van der Waals surface area contributed by atoms with Crippen molar-refractivity contribution in [3.05, 3.63) is 24.3 Å². The van der Waals surface area contributed by atoms with Gasteiger partial charge in [0.1, 0.15) is 11.3 Å². The van der Waals surface area contributed by atoms with Gasteiger partial charge in [-0.25, -0.2) is 9.97 Å². The Morgan fingerprint density at radius 1 is 1.06 bits per heavy atom. The van der Waals surface area contributed by atoms with Gasteiger partial charge in [-0.3, -0.25) is 9.36 Å². The Balaban J connectivity index is 1.97. The molecular weight excluding hydrogens is 424 g/mol. The maximum absolute atomic E-state index is 12.4. The number of rotatable bonds is 9. The summed E-state index contributed by atoms with van der Waals surface area (Å²) in [6.07, 6.45) is 0.392. The molecule has 0 saturated carbocycles. The van der Waals surface area contributed by atoms with Gasteiger partial charge in [0.15, 0.2) is 17.1 Å². The van der Waals surface area contributed by atoms with Crippen LogP contribution in [0.4, 0.5) is 17.5 Å². The molecule has 0 aliphatic heterocycles. The van der Waals surface area contributed by atoms with E-state index in [0.29, 0.717) is 65.4 Å². The van der Waals surface area contributed by atoms with E-state index in [0.717, 1.165) is 0 Å². The number of nitrogens with zero attached hydrogens (tertiary/aromatic N) is 3. The van der Waals surface area contributed by atoms with Gasteiger partial charge in [-0.1, -0.05) is 20.8 Å². The average molecular weight is 457 g/mol. The van der Waals surface area contributed by atoms with E-state index in [2.05, 4.69) is 20.6 Å². The third kappa shape index (κ3) is 5.64. The van der Waals surface area contributed by atoms with Gasteiger partial charge in [0.2, 0.25) is 17.6 Å². The highest BCUT2D eigenvalue weighted by Gasteiger charge is 2.19. The van der Waals surface area contributed by atoms with Crippen molar-refractivity contribution in [2.24, 2.45) is 11.1 Å². The lowest BCUT2D eigenvalue weighted by Gasteiger charge is -2.17. The molecule has 0 radical (unpaired) electrons. The van der Waals surface area contributed by atoms with Crippen molar-refractivity contribution in [1.82, 2.24) is 14.5 Å². The number of amides is 1. The minimum atomic E-state index is -0.118. The number of imidazole rings is 1. The Kier molecular flexibility index (Phi) is 7.27. The molecule has 178 valence electrons. The number of carbonyl (C=O) groups excluding carboxylic acids is 1. The topological polar surface area (TPSA) is 126 Å². The molecule has 0 aliphatic rings. The molecular formula is C23H32N6O4. The molecule has 0 unspecified atom stereocenters. The van der Waals surface area contributed by atoms with Crippen LogP contribution in [0.5, 0.6) is 17.2 Å². The third-order valence-electron chi connectivity index (χ3n) is 4.82. The van der Waals surface area contributed by atoms with E-state index in [1.807, 2.05) is 31.4 Å². The number of fused-ring (bicyclic) bond motifs is 1. The molecule has 1 amide bonds. The smallest absolute Gasteiger partial charge is 0.226 e. The predicted molar refractivity (Wildman–Crippen MR) is 129 cm³/mol. The van der Waals surface area contributed by atoms with Gasteiger partial charge in [-0.2, -0.15) is 0 Å². The highest BCUT2D eigenvalue weighted by molar-refractivity contribution is 5.91. The molecule has 0 bridgehead atoms. The zero-order valence-electron chi connectivity index (χ0n) is 20.0. The third-order valence-corrected chi connectivity index (χ3v) is 4.82. The highest BCUT2D eigenvalue weighted by Crippen LogP contribution is 2.40. The molecule has 3 rings (SSSR count). The molecule has 2 heterocycles. The Bertz CT molecular complexity index is 1110. The van der Waals surface area contributed by atoms with E-state index in [-0.39, 0.29) is 11.3 Å². The van der Waals surface area contributed by atoms with Crippen LogP contribution < -0.4 is 30.6 Å². The molecule has 10 nitrogen and oxygen atoms in total. The van der Waals surface area contributed by atoms with Crippen LogP contribution in [-0.2, 0) is 11.3 Å². The highest BCUT2D eigenvalue weighted by atomic mass is 16.5. The normalized spacial score (nSPS) is 11.4. The second-order valence-electron chi connectivity index (χ2n) is 8.74. The monoisotopic (exact) mass is 456 g/mol. The van der Waals surface area contributed by atoms with Gasteiger partial charge in [-0.05, 0) is 17.5 Å². The van der Waals surface area contributed by atoms with Gasteiger partial charge in [0.05, 0.1) is 21.3 Å². The van der Waals surface area contributed by atoms with Crippen molar-refractivity contribution in [3.8, 4) is 17.2 Å². The van der Waals surface area contributed by atoms with Gasteiger partial charge < -0.3 is 30.6 Å². The number of carbonyl (C=O) groups is 1. The molecule has 0 saturated heterocycles. The van der Waals surface area contributed by atoms with E-state index in [4.69, 9.17) is 19.9 Å². The fourth-order valence-electron chi connectivity index (χ4n) is 3.46. The number of nitrogens with two attached hydrogens (primary N) is 1. The number of nitrogens with one attached hydrogen (secondary N) is 2. The van der Waals surface area contributed by atoms with Crippen molar-refractivity contribution in [2.45, 2.75) is 33.7 Å². The predicted octanol–water partition coefficient (Wildman–Crippen LogP) is 3.53. The Hall–Kier alpha value is -3.53. The zero-order valence-corrected chi connectivity index (χ0v) is 20.0. The Morgan fingerprint density at radius 3 is 2.27 bits per heavy atom. The second-order valence-corrected chi connectivity index (χ2v) is 8.74. The van der Waals surface area contributed by atoms with Gasteiger partial charge >= 0.3 is 0 Å². The Labute approximate surface area is 193 Å². The van der Waals surface area contributed by atoms with E-state index >= 15 is 0 Å². The first-order valence-corrected chi connectivity index (χ1v) is 10.6.